The van der Waals surface area contributed by atoms with Crippen LogP contribution in [-0.4, -0.2) is 141 Å². The second-order valence-corrected chi connectivity index (χ2v) is 15.4. The molecule has 10 atom stereocenters. The van der Waals surface area contributed by atoms with Crippen molar-refractivity contribution in [2.24, 2.45) is 10.8 Å². The number of fused-ring (bicyclic) bond motifs is 8. The van der Waals surface area contributed by atoms with E-state index in [4.69, 9.17) is 38.9 Å². The van der Waals surface area contributed by atoms with Crippen LogP contribution in [-0.2, 0) is 67.4 Å². The lowest BCUT2D eigenvalue weighted by Crippen LogP contribution is -2.52. The first-order chi connectivity index (χ1) is 24.3. The third kappa shape index (κ3) is 8.40. The molecule has 0 unspecified atom stereocenters. The summed E-state index contributed by atoms with van der Waals surface area (Å²) in [5.41, 5.74) is -3.14. The van der Waals surface area contributed by atoms with Crippen LogP contribution in [0.5, 0.6) is 0 Å². The zero-order valence-corrected chi connectivity index (χ0v) is 29.7. The SMILES string of the molecule is CC1(C)O[C@H]2[C@H]3C[C@@](CCOOO)(C[C@H]2O1)C(=O)O3.CC1(C)O[C@H]2[C@H]3C[C@@](O)(C[C@H]2O1)C(=O)O3.COC(=O)C1(CCOOO)C[C@@H](O)C(O)[C@H](O)C1. The summed E-state index contributed by atoms with van der Waals surface area (Å²) in [6.45, 7) is 7.36. The van der Waals surface area contributed by atoms with Crippen LogP contribution in [0.25, 0.3) is 0 Å². The molecule has 0 aromatic carbocycles. The molecule has 0 aromatic rings. The Morgan fingerprint density at radius 3 is 1.69 bits per heavy atom. The van der Waals surface area contributed by atoms with Gasteiger partial charge < -0.3 is 53.6 Å². The van der Waals surface area contributed by atoms with E-state index in [9.17, 15) is 34.8 Å². The van der Waals surface area contributed by atoms with Crippen LogP contribution in [0.2, 0.25) is 0 Å². The summed E-state index contributed by atoms with van der Waals surface area (Å²) in [6, 6.07) is 0. The molecule has 4 heterocycles. The van der Waals surface area contributed by atoms with Crippen molar-refractivity contribution in [1.82, 2.24) is 0 Å². The van der Waals surface area contributed by atoms with E-state index in [-0.39, 0.29) is 81.5 Å². The maximum absolute atomic E-state index is 12.1. The van der Waals surface area contributed by atoms with Gasteiger partial charge in [0, 0.05) is 19.3 Å². The van der Waals surface area contributed by atoms with Crippen LogP contribution < -0.4 is 0 Å². The minimum absolute atomic E-state index is 0.0628. The number of hydrogen-bond donors (Lipinski definition) is 6. The first kappa shape index (κ1) is 41.0. The average molecular weight is 755 g/mol. The van der Waals surface area contributed by atoms with Crippen molar-refractivity contribution >= 4 is 17.9 Å². The number of methoxy groups -OCH3 is 1. The van der Waals surface area contributed by atoms with E-state index in [0.29, 0.717) is 25.7 Å². The smallest absolute Gasteiger partial charge is 0.338 e. The second kappa shape index (κ2) is 15.5. The van der Waals surface area contributed by atoms with Crippen molar-refractivity contribution in [3.63, 3.8) is 0 Å². The molecular formula is C32H50O20. The third-order valence-corrected chi connectivity index (χ3v) is 10.8. The van der Waals surface area contributed by atoms with E-state index in [1.165, 1.54) is 7.11 Å². The number of aliphatic hydroxyl groups excluding tert-OH is 3. The normalized spacial score (nSPS) is 43.2. The summed E-state index contributed by atoms with van der Waals surface area (Å²) in [6.07, 6.45) is -3.07. The van der Waals surface area contributed by atoms with Crippen LogP contribution in [0.1, 0.15) is 79.1 Å². The summed E-state index contributed by atoms with van der Waals surface area (Å²) in [5, 5.41) is 62.0. The number of aliphatic hydroxyl groups is 4. The van der Waals surface area contributed by atoms with Gasteiger partial charge in [-0.15, -0.1) is 0 Å². The quantitative estimate of drug-likeness (QED) is 0.0585. The van der Waals surface area contributed by atoms with Crippen molar-refractivity contribution in [3.8, 4) is 0 Å². The van der Waals surface area contributed by atoms with Crippen LogP contribution in [0.3, 0.4) is 0 Å². The lowest BCUT2D eigenvalue weighted by atomic mass is 9.68. The Morgan fingerprint density at radius 1 is 0.692 bits per heavy atom. The fourth-order valence-corrected chi connectivity index (χ4v) is 8.49. The number of hydrogen-bond acceptors (Lipinski definition) is 20. The van der Waals surface area contributed by atoms with E-state index >= 15 is 0 Å². The first-order valence-electron chi connectivity index (χ1n) is 17.2. The number of ether oxygens (including phenoxy) is 7. The molecule has 0 radical (unpaired) electrons. The third-order valence-electron chi connectivity index (χ3n) is 10.8. The average Bonchev–Trinajstić information content (AvgIpc) is 3.73. The number of carbonyl (C=O) groups is 3. The van der Waals surface area contributed by atoms with Gasteiger partial charge in [-0.3, -0.25) is 9.59 Å². The zero-order valence-electron chi connectivity index (χ0n) is 29.7. The highest BCUT2D eigenvalue weighted by molar-refractivity contribution is 5.82. The minimum atomic E-state index is -1.35. The molecule has 3 aliphatic carbocycles. The molecule has 4 aliphatic heterocycles. The van der Waals surface area contributed by atoms with Crippen molar-refractivity contribution in [3.05, 3.63) is 0 Å². The fourth-order valence-electron chi connectivity index (χ4n) is 8.49. The highest BCUT2D eigenvalue weighted by Crippen LogP contribution is 2.52. The highest BCUT2D eigenvalue weighted by atomic mass is 17.5. The van der Waals surface area contributed by atoms with Gasteiger partial charge in [0.25, 0.3) is 0 Å². The molecule has 7 rings (SSSR count). The number of rotatable bonds is 9. The predicted octanol–water partition coefficient (Wildman–Crippen LogP) is -0.186. The Morgan fingerprint density at radius 2 is 1.15 bits per heavy atom. The standard InChI is InChI=1S/C12H18O7.C10H18O8.C10H14O5/c1-11(2)17-8-6-12(3-4-15-19-14)5-7(9(8)18-11)16-10(12)13;1-16-9(14)10(2-3-17-18-15)4-6(11)8(13)7(12)5-10;1-9(2)14-6-4-10(12)3-5(7(6)15-9)13-8(10)11/h7-9,14H,3-6H2,1-2H3;6-8,11-13,15H,2-5H2,1H3;5-7,12H,3-4H2,1-2H3/t7-,8-,9+,12+;6-,7-,8?,10?;5-,6-,7+,10-/m111/s1. The molecule has 3 saturated carbocycles. The summed E-state index contributed by atoms with van der Waals surface area (Å²) >= 11 is 0. The van der Waals surface area contributed by atoms with Gasteiger partial charge in [-0.1, -0.05) is 10.1 Å². The van der Waals surface area contributed by atoms with Crippen LogP contribution >= 0.6 is 0 Å². The Labute approximate surface area is 298 Å². The molecule has 298 valence electrons. The molecule has 7 aliphatic rings. The van der Waals surface area contributed by atoms with Gasteiger partial charge in [-0.25, -0.2) is 25.1 Å². The van der Waals surface area contributed by atoms with Crippen molar-refractivity contribution in [2.45, 2.75) is 151 Å². The Balaban J connectivity index is 0.000000152. The topological polar surface area (TPSA) is 274 Å². The van der Waals surface area contributed by atoms with Gasteiger partial charge in [0.2, 0.25) is 0 Å². The number of carbonyl (C=O) groups excluding carboxylic acids is 3. The van der Waals surface area contributed by atoms with Gasteiger partial charge in [-0.05, 0) is 59.8 Å². The Hall–Kier alpha value is -2.15. The molecule has 0 aromatic heterocycles. The monoisotopic (exact) mass is 754 g/mol. The second-order valence-electron chi connectivity index (χ2n) is 15.4. The highest BCUT2D eigenvalue weighted by Gasteiger charge is 2.64. The minimum Gasteiger partial charge on any atom is -0.469 e. The summed E-state index contributed by atoms with van der Waals surface area (Å²) in [4.78, 5) is 44.0. The Bertz CT molecular complexity index is 1280. The maximum atomic E-state index is 12.1. The molecule has 20 nitrogen and oxygen atoms in total. The maximum Gasteiger partial charge on any atom is 0.338 e. The van der Waals surface area contributed by atoms with Crippen LogP contribution in [0.15, 0.2) is 0 Å². The molecular weight excluding hydrogens is 704 g/mol. The predicted molar refractivity (Wildman–Crippen MR) is 164 cm³/mol. The molecule has 6 N–H and O–H groups in total. The van der Waals surface area contributed by atoms with Gasteiger partial charge >= 0.3 is 17.9 Å². The lowest BCUT2D eigenvalue weighted by molar-refractivity contribution is -0.491. The van der Waals surface area contributed by atoms with Gasteiger partial charge in [0.15, 0.2) is 17.2 Å². The largest absolute Gasteiger partial charge is 0.469 e. The zero-order chi connectivity index (χ0) is 38.3. The van der Waals surface area contributed by atoms with Crippen LogP contribution in [0, 0.1) is 10.8 Å². The van der Waals surface area contributed by atoms with Crippen molar-refractivity contribution in [2.75, 3.05) is 20.3 Å². The molecule has 0 amide bonds. The van der Waals surface area contributed by atoms with Crippen LogP contribution in [0.4, 0.5) is 0 Å². The van der Waals surface area contributed by atoms with E-state index < -0.39 is 58.3 Å². The van der Waals surface area contributed by atoms with Crippen molar-refractivity contribution in [1.29, 1.82) is 0 Å². The van der Waals surface area contributed by atoms with Gasteiger partial charge in [0.1, 0.15) is 30.5 Å². The number of esters is 3. The molecule has 4 saturated heterocycles. The summed E-state index contributed by atoms with van der Waals surface area (Å²) < 4.78 is 38.1. The van der Waals surface area contributed by atoms with Gasteiger partial charge in [0.05, 0.1) is 55.6 Å². The van der Waals surface area contributed by atoms with E-state index in [1.54, 1.807) is 0 Å². The summed E-state index contributed by atoms with van der Waals surface area (Å²) in [7, 11) is 1.19. The molecule has 20 heteroatoms. The summed E-state index contributed by atoms with van der Waals surface area (Å²) in [5.74, 6) is -2.68. The van der Waals surface area contributed by atoms with E-state index in [2.05, 4.69) is 24.6 Å². The first-order valence-corrected chi connectivity index (χ1v) is 17.2. The van der Waals surface area contributed by atoms with E-state index in [1.807, 2.05) is 27.7 Å². The molecule has 52 heavy (non-hydrogen) atoms. The molecule has 0 spiro atoms. The Kier molecular flexibility index (Phi) is 12.3. The fraction of sp³-hybridized carbons (Fsp3) is 0.906. The molecule has 7 fully saturated rings. The van der Waals surface area contributed by atoms with Gasteiger partial charge in [-0.2, -0.15) is 0 Å². The lowest BCUT2D eigenvalue weighted by Gasteiger charge is -2.41. The van der Waals surface area contributed by atoms with E-state index in [0.717, 1.165) is 0 Å². The van der Waals surface area contributed by atoms with Crippen molar-refractivity contribution < 1.29 is 98.3 Å². The molecule has 4 bridgehead atoms.